The highest BCUT2D eigenvalue weighted by Gasteiger charge is 2.36. The molecule has 3 N–H and O–H groups in total. The highest BCUT2D eigenvalue weighted by atomic mass is 16.4. The van der Waals surface area contributed by atoms with Crippen LogP contribution in [0.15, 0.2) is 18.2 Å². The monoisotopic (exact) mass is 262 g/mol. The molecule has 0 saturated carbocycles. The number of fused-ring (bicyclic) bond motifs is 1. The molecule has 0 radical (unpaired) electrons. The Morgan fingerprint density at radius 1 is 1.47 bits per heavy atom. The minimum absolute atomic E-state index is 0.0569. The second-order valence-electron chi connectivity index (χ2n) is 5.51. The van der Waals surface area contributed by atoms with Crippen LogP contribution < -0.4 is 10.6 Å². The average molecular weight is 262 g/mol. The first kappa shape index (κ1) is 13.5. The Labute approximate surface area is 112 Å². The number of hydrogen-bond acceptors (Lipinski definition) is 3. The van der Waals surface area contributed by atoms with Crippen LogP contribution in [-0.4, -0.2) is 23.5 Å². The smallest absolute Gasteiger partial charge is 0.310 e. The lowest BCUT2D eigenvalue weighted by Gasteiger charge is -2.27. The second-order valence-corrected chi connectivity index (χ2v) is 5.51. The predicted octanol–water partition coefficient (Wildman–Crippen LogP) is 1.15. The van der Waals surface area contributed by atoms with E-state index < -0.39 is 11.4 Å². The minimum atomic E-state index is -0.968. The summed E-state index contributed by atoms with van der Waals surface area (Å²) in [6.07, 6.45) is 0.318. The van der Waals surface area contributed by atoms with Gasteiger partial charge in [-0.1, -0.05) is 12.1 Å². The van der Waals surface area contributed by atoms with Crippen LogP contribution in [0.1, 0.15) is 25.0 Å². The van der Waals surface area contributed by atoms with Crippen LogP contribution in [0.2, 0.25) is 0 Å². The molecule has 1 aromatic carbocycles. The summed E-state index contributed by atoms with van der Waals surface area (Å²) in [5.41, 5.74) is 7.32. The van der Waals surface area contributed by atoms with E-state index in [2.05, 4.69) is 0 Å². The SMILES string of the molecule is CC(C)(CN1C(=O)Cc2cc(CN)ccc21)C(=O)O. The Bertz CT molecular complexity index is 537. The van der Waals surface area contributed by atoms with Gasteiger partial charge in [0.2, 0.25) is 5.91 Å². The minimum Gasteiger partial charge on any atom is -0.481 e. The molecule has 5 nitrogen and oxygen atoms in total. The van der Waals surface area contributed by atoms with E-state index >= 15 is 0 Å². The van der Waals surface area contributed by atoms with E-state index in [0.717, 1.165) is 16.8 Å². The lowest BCUT2D eigenvalue weighted by molar-refractivity contribution is -0.146. The van der Waals surface area contributed by atoms with Crippen LogP contribution in [0, 0.1) is 5.41 Å². The molecule has 1 aromatic rings. The maximum atomic E-state index is 12.0. The Balaban J connectivity index is 2.30. The standard InChI is InChI=1S/C14H18N2O3/c1-14(2,13(18)19)8-16-11-4-3-9(7-15)5-10(11)6-12(16)17/h3-5H,6-8,15H2,1-2H3,(H,18,19). The molecule has 0 fully saturated rings. The molecule has 19 heavy (non-hydrogen) atoms. The number of amides is 1. The zero-order chi connectivity index (χ0) is 14.2. The first-order valence-corrected chi connectivity index (χ1v) is 6.21. The van der Waals surface area contributed by atoms with Gasteiger partial charge in [0, 0.05) is 18.8 Å². The molecule has 1 heterocycles. The number of carbonyl (C=O) groups is 2. The van der Waals surface area contributed by atoms with Crippen molar-refractivity contribution in [1.82, 2.24) is 0 Å². The van der Waals surface area contributed by atoms with Crippen molar-refractivity contribution in [2.45, 2.75) is 26.8 Å². The van der Waals surface area contributed by atoms with Crippen LogP contribution in [0.25, 0.3) is 0 Å². The van der Waals surface area contributed by atoms with Gasteiger partial charge < -0.3 is 15.7 Å². The molecule has 1 amide bonds. The van der Waals surface area contributed by atoms with E-state index in [1.54, 1.807) is 18.7 Å². The zero-order valence-electron chi connectivity index (χ0n) is 11.1. The van der Waals surface area contributed by atoms with Gasteiger partial charge in [-0.05, 0) is 31.0 Å². The van der Waals surface area contributed by atoms with Gasteiger partial charge in [-0.2, -0.15) is 0 Å². The first-order chi connectivity index (χ1) is 8.85. The van der Waals surface area contributed by atoms with Crippen molar-refractivity contribution in [3.05, 3.63) is 29.3 Å². The Morgan fingerprint density at radius 2 is 2.16 bits per heavy atom. The zero-order valence-corrected chi connectivity index (χ0v) is 11.1. The van der Waals surface area contributed by atoms with Crippen molar-refractivity contribution in [2.24, 2.45) is 11.1 Å². The van der Waals surface area contributed by atoms with Crippen LogP contribution in [-0.2, 0) is 22.6 Å². The van der Waals surface area contributed by atoms with Gasteiger partial charge in [-0.25, -0.2) is 0 Å². The van der Waals surface area contributed by atoms with Crippen molar-refractivity contribution in [2.75, 3.05) is 11.4 Å². The molecule has 2 rings (SSSR count). The third-order valence-corrected chi connectivity index (χ3v) is 3.45. The van der Waals surface area contributed by atoms with E-state index in [1.165, 1.54) is 0 Å². The topological polar surface area (TPSA) is 83.6 Å². The van der Waals surface area contributed by atoms with Gasteiger partial charge >= 0.3 is 5.97 Å². The molecular formula is C14H18N2O3. The number of carbonyl (C=O) groups excluding carboxylic acids is 1. The molecule has 0 saturated heterocycles. The number of benzene rings is 1. The molecule has 0 aromatic heterocycles. The molecule has 0 spiro atoms. The largest absolute Gasteiger partial charge is 0.481 e. The summed E-state index contributed by atoms with van der Waals surface area (Å²) in [4.78, 5) is 24.8. The summed E-state index contributed by atoms with van der Waals surface area (Å²) in [5.74, 6) is -0.967. The molecule has 1 aliphatic heterocycles. The summed E-state index contributed by atoms with van der Waals surface area (Å²) in [7, 11) is 0. The van der Waals surface area contributed by atoms with E-state index in [4.69, 9.17) is 10.8 Å². The van der Waals surface area contributed by atoms with Gasteiger partial charge in [0.25, 0.3) is 0 Å². The normalized spacial score (nSPS) is 14.7. The lowest BCUT2D eigenvalue weighted by atomic mass is 9.93. The summed E-state index contributed by atoms with van der Waals surface area (Å²) in [6.45, 7) is 3.85. The van der Waals surface area contributed by atoms with Gasteiger partial charge in [0.15, 0.2) is 0 Å². The molecule has 0 unspecified atom stereocenters. The number of anilines is 1. The third-order valence-electron chi connectivity index (χ3n) is 3.45. The number of hydrogen-bond donors (Lipinski definition) is 2. The number of rotatable bonds is 4. The van der Waals surface area contributed by atoms with Crippen LogP contribution in [0.4, 0.5) is 5.69 Å². The van der Waals surface area contributed by atoms with Crippen molar-refractivity contribution in [3.63, 3.8) is 0 Å². The van der Waals surface area contributed by atoms with Gasteiger partial charge in [-0.3, -0.25) is 9.59 Å². The van der Waals surface area contributed by atoms with Crippen molar-refractivity contribution in [3.8, 4) is 0 Å². The van der Waals surface area contributed by atoms with Crippen molar-refractivity contribution < 1.29 is 14.7 Å². The summed E-state index contributed by atoms with van der Waals surface area (Å²) < 4.78 is 0. The van der Waals surface area contributed by atoms with Crippen LogP contribution in [0.5, 0.6) is 0 Å². The van der Waals surface area contributed by atoms with Crippen LogP contribution >= 0.6 is 0 Å². The second kappa shape index (κ2) is 4.66. The van der Waals surface area contributed by atoms with E-state index in [-0.39, 0.29) is 12.5 Å². The fourth-order valence-corrected chi connectivity index (χ4v) is 2.20. The molecule has 1 aliphatic rings. The highest BCUT2D eigenvalue weighted by Crippen LogP contribution is 2.32. The lowest BCUT2D eigenvalue weighted by Crippen LogP contribution is -2.40. The van der Waals surface area contributed by atoms with Gasteiger partial charge in [0.05, 0.1) is 11.8 Å². The Hall–Kier alpha value is -1.88. The third kappa shape index (κ3) is 2.46. The summed E-state index contributed by atoms with van der Waals surface area (Å²) in [5, 5.41) is 9.16. The number of carboxylic acids is 1. The number of aliphatic carboxylic acids is 1. The van der Waals surface area contributed by atoms with Crippen LogP contribution in [0.3, 0.4) is 0 Å². The highest BCUT2D eigenvalue weighted by molar-refractivity contribution is 6.02. The number of nitrogens with zero attached hydrogens (tertiary/aromatic N) is 1. The molecule has 5 heteroatoms. The molecular weight excluding hydrogens is 244 g/mol. The molecule has 0 aliphatic carbocycles. The molecule has 102 valence electrons. The number of carboxylic acid groups (broad SMARTS) is 1. The van der Waals surface area contributed by atoms with E-state index in [1.807, 2.05) is 18.2 Å². The molecule has 0 atom stereocenters. The maximum Gasteiger partial charge on any atom is 0.310 e. The Morgan fingerprint density at radius 3 is 2.74 bits per heavy atom. The maximum absolute atomic E-state index is 12.0. The van der Waals surface area contributed by atoms with Crippen molar-refractivity contribution >= 4 is 17.6 Å². The fraction of sp³-hybridized carbons (Fsp3) is 0.429. The predicted molar refractivity (Wildman–Crippen MR) is 71.8 cm³/mol. The average Bonchev–Trinajstić information content (AvgIpc) is 2.64. The number of nitrogens with two attached hydrogens (primary N) is 1. The van der Waals surface area contributed by atoms with Gasteiger partial charge in [0.1, 0.15) is 0 Å². The van der Waals surface area contributed by atoms with Crippen molar-refractivity contribution in [1.29, 1.82) is 0 Å². The van der Waals surface area contributed by atoms with E-state index in [9.17, 15) is 9.59 Å². The molecule has 0 bridgehead atoms. The Kier molecular flexibility index (Phi) is 3.32. The van der Waals surface area contributed by atoms with E-state index in [0.29, 0.717) is 13.0 Å². The quantitative estimate of drug-likeness (QED) is 0.852. The fourth-order valence-electron chi connectivity index (χ4n) is 2.20. The first-order valence-electron chi connectivity index (χ1n) is 6.21. The van der Waals surface area contributed by atoms with Gasteiger partial charge in [-0.15, -0.1) is 0 Å². The summed E-state index contributed by atoms with van der Waals surface area (Å²) >= 11 is 0. The summed E-state index contributed by atoms with van der Waals surface area (Å²) in [6, 6.07) is 5.64.